The van der Waals surface area contributed by atoms with E-state index < -0.39 is 25.9 Å². The number of nitrogens with one attached hydrogen (secondary N) is 2. The molecule has 0 atom stereocenters. The van der Waals surface area contributed by atoms with Crippen LogP contribution in [0.15, 0.2) is 70.5 Å². The lowest BCUT2D eigenvalue weighted by atomic mass is 10.2. The molecule has 0 amide bonds. The van der Waals surface area contributed by atoms with E-state index in [9.17, 15) is 21.2 Å². The lowest BCUT2D eigenvalue weighted by Crippen LogP contribution is -2.17. The van der Waals surface area contributed by atoms with Crippen LogP contribution in [0.5, 0.6) is 5.75 Å². The van der Waals surface area contributed by atoms with Gasteiger partial charge in [-0.15, -0.1) is 0 Å². The Balaban J connectivity index is 1.91. The van der Waals surface area contributed by atoms with E-state index in [0.29, 0.717) is 17.0 Å². The summed E-state index contributed by atoms with van der Waals surface area (Å²) in [7, 11) is -6.54. The van der Waals surface area contributed by atoms with Gasteiger partial charge in [0.05, 0.1) is 22.6 Å². The summed E-state index contributed by atoms with van der Waals surface area (Å²) >= 11 is 0. The smallest absolute Gasteiger partial charge is 0.262 e. The fourth-order valence-electron chi connectivity index (χ4n) is 2.87. The van der Waals surface area contributed by atoms with E-state index in [4.69, 9.17) is 4.74 Å². The van der Waals surface area contributed by atoms with Crippen molar-refractivity contribution < 1.29 is 26.0 Å². The molecule has 0 saturated heterocycles. The number of benzene rings is 3. The summed E-state index contributed by atoms with van der Waals surface area (Å²) in [6.07, 6.45) is 0. The van der Waals surface area contributed by atoms with Crippen molar-refractivity contribution in [2.24, 2.45) is 0 Å². The van der Waals surface area contributed by atoms with Gasteiger partial charge in [0.1, 0.15) is 11.6 Å². The topological polar surface area (TPSA) is 102 Å². The van der Waals surface area contributed by atoms with Crippen LogP contribution in [0.3, 0.4) is 0 Å². The van der Waals surface area contributed by atoms with Crippen LogP contribution in [-0.2, 0) is 20.0 Å². The Bertz CT molecular complexity index is 1320. The fourth-order valence-corrected chi connectivity index (χ4v) is 5.30. The van der Waals surface area contributed by atoms with Crippen molar-refractivity contribution in [3.63, 3.8) is 0 Å². The summed E-state index contributed by atoms with van der Waals surface area (Å²) < 4.78 is 74.4. The van der Waals surface area contributed by atoms with Crippen LogP contribution in [0.4, 0.5) is 15.8 Å². The second kappa shape index (κ2) is 8.56. The Labute approximate surface area is 181 Å². The molecular formula is C21H21FN2O5S2. The molecule has 0 heterocycles. The fraction of sp³-hybridized carbons (Fsp3) is 0.143. The Morgan fingerprint density at radius 1 is 0.774 bits per heavy atom. The average molecular weight is 465 g/mol. The number of hydrogen-bond acceptors (Lipinski definition) is 5. The zero-order chi connectivity index (χ0) is 22.8. The number of anilines is 2. The molecule has 0 saturated carbocycles. The Hall–Kier alpha value is -3.11. The highest BCUT2D eigenvalue weighted by atomic mass is 32.2. The van der Waals surface area contributed by atoms with Crippen molar-refractivity contribution in [3.8, 4) is 5.75 Å². The van der Waals surface area contributed by atoms with Gasteiger partial charge in [-0.2, -0.15) is 0 Å². The highest BCUT2D eigenvalue weighted by Gasteiger charge is 2.21. The van der Waals surface area contributed by atoms with E-state index in [1.165, 1.54) is 32.2 Å². The molecule has 0 radical (unpaired) electrons. The van der Waals surface area contributed by atoms with Crippen molar-refractivity contribution in [1.82, 2.24) is 0 Å². The van der Waals surface area contributed by atoms with Crippen LogP contribution < -0.4 is 14.2 Å². The third kappa shape index (κ3) is 5.15. The zero-order valence-electron chi connectivity index (χ0n) is 17.0. The maximum absolute atomic E-state index is 13.3. The number of ether oxygens (including phenoxy) is 1. The summed E-state index contributed by atoms with van der Waals surface area (Å²) in [5, 5.41) is 0. The van der Waals surface area contributed by atoms with Crippen LogP contribution in [0.25, 0.3) is 0 Å². The first-order chi connectivity index (χ1) is 14.5. The molecule has 0 spiro atoms. The Morgan fingerprint density at radius 3 is 2.06 bits per heavy atom. The number of methoxy groups -OCH3 is 1. The molecule has 31 heavy (non-hydrogen) atoms. The van der Waals surface area contributed by atoms with Gasteiger partial charge < -0.3 is 4.74 Å². The maximum atomic E-state index is 13.3. The largest absolute Gasteiger partial charge is 0.497 e. The molecule has 0 aliphatic rings. The van der Waals surface area contributed by atoms with E-state index in [2.05, 4.69) is 9.44 Å². The zero-order valence-corrected chi connectivity index (χ0v) is 18.6. The monoisotopic (exact) mass is 464 g/mol. The first-order valence-corrected chi connectivity index (χ1v) is 12.0. The highest BCUT2D eigenvalue weighted by Crippen LogP contribution is 2.26. The first kappa shape index (κ1) is 22.6. The van der Waals surface area contributed by atoms with Gasteiger partial charge in [0, 0.05) is 5.69 Å². The van der Waals surface area contributed by atoms with E-state index in [-0.39, 0.29) is 21.0 Å². The third-order valence-electron chi connectivity index (χ3n) is 4.53. The molecule has 0 fully saturated rings. The van der Waals surface area contributed by atoms with E-state index >= 15 is 0 Å². The lowest BCUT2D eigenvalue weighted by Gasteiger charge is -2.14. The summed E-state index contributed by atoms with van der Waals surface area (Å²) in [6.45, 7) is 3.12. The molecular weight excluding hydrogens is 443 g/mol. The second-order valence-electron chi connectivity index (χ2n) is 6.83. The normalized spacial score (nSPS) is 11.7. The van der Waals surface area contributed by atoms with Gasteiger partial charge in [-0.1, -0.05) is 6.07 Å². The number of sulfonamides is 2. The molecule has 0 aliphatic heterocycles. The van der Waals surface area contributed by atoms with Crippen LogP contribution in [0.1, 0.15) is 11.1 Å². The standard InChI is InChI=1S/C21H21FN2O5S2/c1-14-4-10-19(30(25,26)23-17-6-8-18(29-3)9-7-17)13-20(14)24-31(27,28)21-11-5-16(22)12-15(21)2/h4-13,23-24H,1-3H3. The molecule has 7 nitrogen and oxygen atoms in total. The average Bonchev–Trinajstić information content (AvgIpc) is 2.69. The molecule has 0 bridgehead atoms. The quantitative estimate of drug-likeness (QED) is 0.549. The minimum atomic E-state index is -4.06. The van der Waals surface area contributed by atoms with Crippen LogP contribution in [0, 0.1) is 19.7 Å². The summed E-state index contributed by atoms with van der Waals surface area (Å²) in [6, 6.07) is 13.7. The highest BCUT2D eigenvalue weighted by molar-refractivity contribution is 7.93. The predicted molar refractivity (Wildman–Crippen MR) is 117 cm³/mol. The van der Waals surface area contributed by atoms with Gasteiger partial charge in [-0.25, -0.2) is 21.2 Å². The van der Waals surface area contributed by atoms with Crippen molar-refractivity contribution in [2.45, 2.75) is 23.6 Å². The van der Waals surface area contributed by atoms with Crippen molar-refractivity contribution >= 4 is 31.4 Å². The number of halogens is 1. The molecule has 164 valence electrons. The molecule has 2 N–H and O–H groups in total. The van der Waals surface area contributed by atoms with Crippen LogP contribution in [-0.4, -0.2) is 23.9 Å². The molecule has 3 rings (SSSR count). The molecule has 0 aliphatic carbocycles. The summed E-state index contributed by atoms with van der Waals surface area (Å²) in [5.74, 6) is 0.0244. The van der Waals surface area contributed by atoms with Gasteiger partial charge in [0.2, 0.25) is 0 Å². The van der Waals surface area contributed by atoms with Crippen molar-refractivity contribution in [2.75, 3.05) is 16.6 Å². The van der Waals surface area contributed by atoms with Gasteiger partial charge >= 0.3 is 0 Å². The van der Waals surface area contributed by atoms with Gasteiger partial charge in [-0.05, 0) is 79.6 Å². The van der Waals surface area contributed by atoms with Gasteiger partial charge in [0.25, 0.3) is 20.0 Å². The molecule has 0 unspecified atom stereocenters. The molecule has 3 aromatic rings. The molecule has 0 aromatic heterocycles. The minimum Gasteiger partial charge on any atom is -0.497 e. The maximum Gasteiger partial charge on any atom is 0.262 e. The number of aryl methyl sites for hydroxylation is 2. The molecule has 3 aromatic carbocycles. The van der Waals surface area contributed by atoms with Crippen molar-refractivity contribution in [1.29, 1.82) is 0 Å². The Morgan fingerprint density at radius 2 is 1.45 bits per heavy atom. The van der Waals surface area contributed by atoms with Crippen molar-refractivity contribution in [3.05, 3.63) is 77.6 Å². The minimum absolute atomic E-state index is 0.0985. The van der Waals surface area contributed by atoms with E-state index in [1.54, 1.807) is 31.2 Å². The number of rotatable bonds is 7. The third-order valence-corrected chi connectivity index (χ3v) is 7.44. The second-order valence-corrected chi connectivity index (χ2v) is 10.2. The van der Waals surface area contributed by atoms with Crippen LogP contribution >= 0.6 is 0 Å². The van der Waals surface area contributed by atoms with E-state index in [0.717, 1.165) is 18.2 Å². The van der Waals surface area contributed by atoms with E-state index in [1.807, 2.05) is 0 Å². The summed E-state index contributed by atoms with van der Waals surface area (Å²) in [5.41, 5.74) is 1.17. The van der Waals surface area contributed by atoms with Gasteiger partial charge in [-0.3, -0.25) is 9.44 Å². The van der Waals surface area contributed by atoms with Crippen LogP contribution in [0.2, 0.25) is 0 Å². The lowest BCUT2D eigenvalue weighted by molar-refractivity contribution is 0.415. The number of hydrogen-bond donors (Lipinski definition) is 2. The SMILES string of the molecule is COc1ccc(NS(=O)(=O)c2ccc(C)c(NS(=O)(=O)c3ccc(F)cc3C)c2)cc1. The van der Waals surface area contributed by atoms with Gasteiger partial charge in [0.15, 0.2) is 0 Å². The molecule has 10 heteroatoms. The predicted octanol–water partition coefficient (Wildman–Crippen LogP) is 4.05. The summed E-state index contributed by atoms with van der Waals surface area (Å²) in [4.78, 5) is -0.222. The first-order valence-electron chi connectivity index (χ1n) is 9.08. The Kier molecular flexibility index (Phi) is 6.23.